The summed E-state index contributed by atoms with van der Waals surface area (Å²) in [6, 6.07) is 4.18. The van der Waals surface area contributed by atoms with Crippen LogP contribution >= 0.6 is 31.9 Å². The number of halogens is 2. The molecule has 0 unspecified atom stereocenters. The van der Waals surface area contributed by atoms with E-state index in [0.717, 1.165) is 0 Å². The minimum absolute atomic E-state index is 0.111. The third-order valence-electron chi connectivity index (χ3n) is 2.25. The Bertz CT molecular complexity index is 399. The van der Waals surface area contributed by atoms with Gasteiger partial charge in [-0.05, 0) is 19.1 Å². The van der Waals surface area contributed by atoms with Crippen molar-refractivity contribution in [3.05, 3.63) is 23.8 Å². The van der Waals surface area contributed by atoms with Crippen molar-refractivity contribution in [2.45, 2.75) is 12.5 Å². The van der Waals surface area contributed by atoms with Crippen LogP contribution in [0.25, 0.3) is 0 Å². The van der Waals surface area contributed by atoms with Gasteiger partial charge in [0.2, 0.25) is 0 Å². The lowest BCUT2D eigenvalue weighted by Crippen LogP contribution is -2.48. The highest BCUT2D eigenvalue weighted by Gasteiger charge is 2.26. The van der Waals surface area contributed by atoms with Crippen LogP contribution in [0.15, 0.2) is 18.2 Å². The summed E-state index contributed by atoms with van der Waals surface area (Å²) in [4.78, 5) is 11.9. The molecule has 17 heavy (non-hydrogen) atoms. The first-order valence-corrected chi connectivity index (χ1v) is 7.13. The lowest BCUT2D eigenvalue weighted by atomic mass is 10.1. The molecule has 0 aliphatic rings. The number of aromatic hydroxyl groups is 2. The molecule has 0 heterocycles. The zero-order chi connectivity index (χ0) is 13.1. The number of carbonyl (C=O) groups excluding carboxylic acids is 1. The molecule has 1 aromatic rings. The van der Waals surface area contributed by atoms with Gasteiger partial charge in [-0.3, -0.25) is 4.79 Å². The molecule has 1 amide bonds. The van der Waals surface area contributed by atoms with E-state index < -0.39 is 11.4 Å². The molecule has 1 rings (SSSR count). The smallest absolute Gasteiger partial charge is 0.259 e. The fourth-order valence-electron chi connectivity index (χ4n) is 1.20. The molecule has 3 N–H and O–H groups in total. The van der Waals surface area contributed by atoms with Gasteiger partial charge in [0.05, 0.1) is 5.54 Å². The summed E-state index contributed by atoms with van der Waals surface area (Å²) in [5, 5.41) is 23.0. The standard InChI is InChI=1S/C11H13Br2NO3/c1-11(5-12,6-13)14-10(17)9-7(15)3-2-4-8(9)16/h2-4,15-16H,5-6H2,1H3,(H,14,17). The lowest BCUT2D eigenvalue weighted by molar-refractivity contribution is 0.0917. The summed E-state index contributed by atoms with van der Waals surface area (Å²) < 4.78 is 0. The van der Waals surface area contributed by atoms with Gasteiger partial charge in [0, 0.05) is 10.7 Å². The Hall–Kier alpha value is -0.750. The summed E-state index contributed by atoms with van der Waals surface area (Å²) >= 11 is 6.60. The highest BCUT2D eigenvalue weighted by atomic mass is 79.9. The molecule has 0 radical (unpaired) electrons. The number of carbonyl (C=O) groups is 1. The van der Waals surface area contributed by atoms with E-state index in [1.807, 2.05) is 6.92 Å². The molecule has 0 atom stereocenters. The summed E-state index contributed by atoms with van der Waals surface area (Å²) in [5.74, 6) is -0.995. The highest BCUT2D eigenvalue weighted by Crippen LogP contribution is 2.26. The maximum absolute atomic E-state index is 11.9. The molecule has 0 aliphatic carbocycles. The number of hydrogen-bond donors (Lipinski definition) is 3. The van der Waals surface area contributed by atoms with E-state index in [4.69, 9.17) is 0 Å². The van der Waals surface area contributed by atoms with Crippen LogP contribution in [0.5, 0.6) is 11.5 Å². The highest BCUT2D eigenvalue weighted by molar-refractivity contribution is 9.09. The number of phenols is 2. The number of phenolic OH excluding ortho intramolecular Hbond substituents is 2. The normalized spacial score (nSPS) is 11.2. The number of rotatable bonds is 4. The van der Waals surface area contributed by atoms with Crippen LogP contribution < -0.4 is 5.32 Å². The Morgan fingerprint density at radius 2 is 1.76 bits per heavy atom. The van der Waals surface area contributed by atoms with Crippen molar-refractivity contribution in [1.29, 1.82) is 0 Å². The average Bonchev–Trinajstić information content (AvgIpc) is 2.28. The van der Waals surface area contributed by atoms with E-state index in [0.29, 0.717) is 10.7 Å². The van der Waals surface area contributed by atoms with Crippen molar-refractivity contribution in [3.63, 3.8) is 0 Å². The van der Waals surface area contributed by atoms with E-state index >= 15 is 0 Å². The van der Waals surface area contributed by atoms with Crippen LogP contribution in [-0.2, 0) is 0 Å². The monoisotopic (exact) mass is 365 g/mol. The van der Waals surface area contributed by atoms with Crippen LogP contribution in [-0.4, -0.2) is 32.3 Å². The molecule has 6 heteroatoms. The molecule has 0 spiro atoms. The first-order valence-electron chi connectivity index (χ1n) is 4.89. The Kier molecular flexibility index (Phi) is 4.82. The maximum atomic E-state index is 11.9. The van der Waals surface area contributed by atoms with E-state index in [1.165, 1.54) is 18.2 Å². The van der Waals surface area contributed by atoms with Crippen LogP contribution in [0.2, 0.25) is 0 Å². The van der Waals surface area contributed by atoms with Crippen LogP contribution in [0.1, 0.15) is 17.3 Å². The van der Waals surface area contributed by atoms with Gasteiger partial charge >= 0.3 is 0 Å². The second-order valence-corrected chi connectivity index (χ2v) is 5.07. The van der Waals surface area contributed by atoms with E-state index in [-0.39, 0.29) is 17.1 Å². The Labute approximate surface area is 116 Å². The zero-order valence-corrected chi connectivity index (χ0v) is 12.4. The molecule has 0 aromatic heterocycles. The van der Waals surface area contributed by atoms with Gasteiger partial charge in [-0.2, -0.15) is 0 Å². The molecular weight excluding hydrogens is 354 g/mol. The number of alkyl halides is 2. The van der Waals surface area contributed by atoms with Gasteiger partial charge in [0.25, 0.3) is 5.91 Å². The van der Waals surface area contributed by atoms with Crippen molar-refractivity contribution in [3.8, 4) is 11.5 Å². The third-order valence-corrected chi connectivity index (χ3v) is 4.73. The van der Waals surface area contributed by atoms with E-state index in [2.05, 4.69) is 37.2 Å². The topological polar surface area (TPSA) is 69.6 Å². The van der Waals surface area contributed by atoms with Crippen LogP contribution in [0, 0.1) is 0 Å². The van der Waals surface area contributed by atoms with Gasteiger partial charge in [-0.15, -0.1) is 0 Å². The quantitative estimate of drug-likeness (QED) is 0.716. The minimum Gasteiger partial charge on any atom is -0.507 e. The molecule has 94 valence electrons. The van der Waals surface area contributed by atoms with Crippen LogP contribution in [0.3, 0.4) is 0 Å². The summed E-state index contributed by atoms with van der Waals surface area (Å²) in [6.07, 6.45) is 0. The van der Waals surface area contributed by atoms with Gasteiger partial charge in [-0.25, -0.2) is 0 Å². The van der Waals surface area contributed by atoms with Crippen LogP contribution in [0.4, 0.5) is 0 Å². The number of hydrogen-bond acceptors (Lipinski definition) is 3. The first-order chi connectivity index (χ1) is 7.93. The first kappa shape index (κ1) is 14.3. The largest absolute Gasteiger partial charge is 0.507 e. The van der Waals surface area contributed by atoms with Gasteiger partial charge in [-0.1, -0.05) is 37.9 Å². The Morgan fingerprint density at radius 1 is 1.29 bits per heavy atom. The molecule has 4 nitrogen and oxygen atoms in total. The number of amides is 1. The Balaban J connectivity index is 2.98. The second-order valence-electron chi connectivity index (χ2n) is 3.95. The molecule has 0 bridgehead atoms. The fourth-order valence-corrected chi connectivity index (χ4v) is 2.41. The molecule has 0 saturated carbocycles. The van der Waals surface area contributed by atoms with Crippen molar-refractivity contribution in [2.75, 3.05) is 10.7 Å². The SMILES string of the molecule is CC(CBr)(CBr)NC(=O)c1c(O)cccc1O. The third kappa shape index (κ3) is 3.35. The Morgan fingerprint density at radius 3 is 2.18 bits per heavy atom. The zero-order valence-electron chi connectivity index (χ0n) is 9.20. The van der Waals surface area contributed by atoms with E-state index in [1.54, 1.807) is 0 Å². The number of benzene rings is 1. The fraction of sp³-hybridized carbons (Fsp3) is 0.364. The summed E-state index contributed by atoms with van der Waals surface area (Å²) in [7, 11) is 0. The molecule has 0 saturated heterocycles. The van der Waals surface area contributed by atoms with Gasteiger partial charge in [0.1, 0.15) is 17.1 Å². The molecule has 1 aromatic carbocycles. The van der Waals surface area contributed by atoms with Gasteiger partial charge in [0.15, 0.2) is 0 Å². The van der Waals surface area contributed by atoms with E-state index in [9.17, 15) is 15.0 Å². The van der Waals surface area contributed by atoms with Crippen molar-refractivity contribution >= 4 is 37.8 Å². The van der Waals surface area contributed by atoms with Crippen molar-refractivity contribution < 1.29 is 15.0 Å². The molecular formula is C11H13Br2NO3. The average molecular weight is 367 g/mol. The van der Waals surface area contributed by atoms with Crippen molar-refractivity contribution in [1.82, 2.24) is 5.32 Å². The molecule has 0 fully saturated rings. The van der Waals surface area contributed by atoms with Gasteiger partial charge < -0.3 is 15.5 Å². The maximum Gasteiger partial charge on any atom is 0.259 e. The lowest BCUT2D eigenvalue weighted by Gasteiger charge is -2.26. The second kappa shape index (κ2) is 5.73. The van der Waals surface area contributed by atoms with Crippen molar-refractivity contribution in [2.24, 2.45) is 0 Å². The number of nitrogens with one attached hydrogen (secondary N) is 1. The predicted octanol–water partition coefficient (Wildman–Crippen LogP) is 2.38. The predicted molar refractivity (Wildman–Crippen MR) is 73.2 cm³/mol. The minimum atomic E-state index is -0.512. The summed E-state index contributed by atoms with van der Waals surface area (Å²) in [6.45, 7) is 1.84. The molecule has 0 aliphatic heterocycles. The summed E-state index contributed by atoms with van der Waals surface area (Å²) in [5.41, 5.74) is -0.605.